The van der Waals surface area contributed by atoms with E-state index in [2.05, 4.69) is 60.1 Å². The molecule has 0 aliphatic carbocycles. The second-order valence-electron chi connectivity index (χ2n) is 9.59. The van der Waals surface area contributed by atoms with Gasteiger partial charge in [0.1, 0.15) is 0 Å². The smallest absolute Gasteiger partial charge is 0.184 e. The molecule has 0 saturated carbocycles. The summed E-state index contributed by atoms with van der Waals surface area (Å²) in [4.78, 5) is 0. The van der Waals surface area contributed by atoms with Crippen LogP contribution in [0.3, 0.4) is 0 Å². The quantitative estimate of drug-likeness (QED) is 0.601. The Bertz CT molecular complexity index is 292. The first-order valence-corrected chi connectivity index (χ1v) is 15.2. The Hall–Kier alpha value is 0.354. The normalized spacial score (nSPS) is 17.1. The van der Waals surface area contributed by atoms with E-state index >= 15 is 0 Å². The molecule has 0 radical (unpaired) electrons. The molecule has 0 heterocycles. The minimum absolute atomic E-state index is 0.0204. The summed E-state index contributed by atoms with van der Waals surface area (Å²) < 4.78 is 6.44. The molecule has 2 N–H and O–H groups in total. The van der Waals surface area contributed by atoms with Crippen molar-refractivity contribution in [3.8, 4) is 0 Å². The van der Waals surface area contributed by atoms with Gasteiger partial charge in [-0.15, -0.1) is 0 Å². The van der Waals surface area contributed by atoms with Crippen molar-refractivity contribution in [2.24, 2.45) is 11.1 Å². The number of hydrogen-bond acceptors (Lipinski definition) is 2. The van der Waals surface area contributed by atoms with Gasteiger partial charge in [0.25, 0.3) is 0 Å². The maximum atomic E-state index is 6.44. The Balaban J connectivity index is 4.96. The van der Waals surface area contributed by atoms with Gasteiger partial charge in [0, 0.05) is 8.07 Å². The highest BCUT2D eigenvalue weighted by Crippen LogP contribution is 2.42. The minimum Gasteiger partial charge on any atom is -0.413 e. The molecule has 0 aromatic rings. The van der Waals surface area contributed by atoms with Crippen LogP contribution in [0.15, 0.2) is 0 Å². The second kappa shape index (κ2) is 7.08. The van der Waals surface area contributed by atoms with Gasteiger partial charge in [0.2, 0.25) is 0 Å². The van der Waals surface area contributed by atoms with Crippen molar-refractivity contribution in [1.29, 1.82) is 0 Å². The fourth-order valence-electron chi connectivity index (χ4n) is 3.94. The molecule has 0 aliphatic rings. The maximum Gasteiger partial charge on any atom is 0.184 e. The Morgan fingerprint density at radius 3 is 1.80 bits per heavy atom. The third-order valence-corrected chi connectivity index (χ3v) is 6.46. The predicted molar refractivity (Wildman–Crippen MR) is 97.7 cm³/mol. The van der Waals surface area contributed by atoms with Crippen molar-refractivity contribution in [2.75, 3.05) is 6.54 Å². The summed E-state index contributed by atoms with van der Waals surface area (Å²) in [6.45, 7) is 22.1. The zero-order valence-electron chi connectivity index (χ0n) is 15.5. The van der Waals surface area contributed by atoms with Crippen LogP contribution in [-0.4, -0.2) is 28.5 Å². The standard InChI is InChI=1S/C16H39NOSi2/c1-15(2,18-20(7,8)9)13-16(3,11-10-12-17)14-19(4,5)6/h10-14,17H2,1-9H3. The van der Waals surface area contributed by atoms with Gasteiger partial charge in [-0.1, -0.05) is 32.6 Å². The lowest BCUT2D eigenvalue weighted by Crippen LogP contribution is -2.43. The highest BCUT2D eigenvalue weighted by molar-refractivity contribution is 6.76. The first-order valence-electron chi connectivity index (χ1n) is 8.08. The zero-order chi connectivity index (χ0) is 16.2. The van der Waals surface area contributed by atoms with E-state index in [0.29, 0.717) is 5.41 Å². The third kappa shape index (κ3) is 10.1. The molecule has 0 fully saturated rings. The van der Waals surface area contributed by atoms with Crippen LogP contribution in [0.4, 0.5) is 0 Å². The number of nitrogens with two attached hydrogens (primary N) is 1. The van der Waals surface area contributed by atoms with Gasteiger partial charge in [0.15, 0.2) is 8.32 Å². The molecule has 122 valence electrons. The van der Waals surface area contributed by atoms with E-state index in [1.165, 1.54) is 12.5 Å². The molecule has 0 amide bonds. The minimum atomic E-state index is -1.50. The van der Waals surface area contributed by atoms with E-state index in [1.807, 2.05) is 0 Å². The van der Waals surface area contributed by atoms with E-state index in [0.717, 1.165) is 19.4 Å². The lowest BCUT2D eigenvalue weighted by molar-refractivity contribution is 0.0455. The second-order valence-corrected chi connectivity index (χ2v) is 19.5. The van der Waals surface area contributed by atoms with E-state index < -0.39 is 16.4 Å². The molecule has 0 spiro atoms. The van der Waals surface area contributed by atoms with Gasteiger partial charge in [-0.05, 0) is 64.7 Å². The third-order valence-electron chi connectivity index (χ3n) is 3.38. The molecule has 0 aliphatic heterocycles. The summed E-state index contributed by atoms with van der Waals surface area (Å²) in [5.41, 5.74) is 6.10. The van der Waals surface area contributed by atoms with Gasteiger partial charge < -0.3 is 10.2 Å². The van der Waals surface area contributed by atoms with Crippen LogP contribution in [0.1, 0.15) is 40.0 Å². The number of rotatable bonds is 9. The monoisotopic (exact) mass is 317 g/mol. The average Bonchev–Trinajstić information content (AvgIpc) is 2.05. The molecule has 0 aromatic carbocycles. The van der Waals surface area contributed by atoms with Gasteiger partial charge >= 0.3 is 0 Å². The SMILES string of the molecule is CC(CCCN)(CC(C)(C)O[Si](C)(C)C)C[Si](C)(C)C. The molecular formula is C16H39NOSi2. The summed E-state index contributed by atoms with van der Waals surface area (Å²) in [6, 6.07) is 1.36. The highest BCUT2D eigenvalue weighted by Gasteiger charge is 2.38. The summed E-state index contributed by atoms with van der Waals surface area (Å²) in [7, 11) is -2.58. The van der Waals surface area contributed by atoms with Crippen molar-refractivity contribution >= 4 is 16.4 Å². The molecule has 4 heteroatoms. The molecule has 1 unspecified atom stereocenters. The summed E-state index contributed by atoms with van der Waals surface area (Å²) in [5, 5.41) is 0. The van der Waals surface area contributed by atoms with Crippen LogP contribution in [-0.2, 0) is 4.43 Å². The number of hydrogen-bond donors (Lipinski definition) is 1. The summed E-state index contributed by atoms with van der Waals surface area (Å²) in [6.07, 6.45) is 3.50. The fraction of sp³-hybridized carbons (Fsp3) is 1.00. The van der Waals surface area contributed by atoms with Crippen LogP contribution < -0.4 is 5.73 Å². The Kier molecular flexibility index (Phi) is 7.20. The largest absolute Gasteiger partial charge is 0.413 e. The topological polar surface area (TPSA) is 35.2 Å². The molecule has 20 heavy (non-hydrogen) atoms. The first kappa shape index (κ1) is 20.4. The molecule has 2 nitrogen and oxygen atoms in total. The van der Waals surface area contributed by atoms with Crippen LogP contribution in [0.2, 0.25) is 45.3 Å². The van der Waals surface area contributed by atoms with Crippen molar-refractivity contribution < 1.29 is 4.43 Å². The maximum absolute atomic E-state index is 6.44. The Morgan fingerprint density at radius 2 is 1.45 bits per heavy atom. The van der Waals surface area contributed by atoms with E-state index in [1.54, 1.807) is 0 Å². The van der Waals surface area contributed by atoms with Crippen LogP contribution in [0.5, 0.6) is 0 Å². The van der Waals surface area contributed by atoms with E-state index in [9.17, 15) is 0 Å². The van der Waals surface area contributed by atoms with Crippen molar-refractivity contribution in [3.63, 3.8) is 0 Å². The fourth-order valence-corrected chi connectivity index (χ4v) is 8.53. The Labute approximate surface area is 130 Å². The summed E-state index contributed by atoms with van der Waals surface area (Å²) in [5.74, 6) is 0. The van der Waals surface area contributed by atoms with Gasteiger partial charge in [0.05, 0.1) is 5.60 Å². The van der Waals surface area contributed by atoms with Crippen molar-refractivity contribution in [2.45, 2.75) is 91.0 Å². The summed E-state index contributed by atoms with van der Waals surface area (Å²) >= 11 is 0. The van der Waals surface area contributed by atoms with Gasteiger partial charge in [-0.3, -0.25) is 0 Å². The lowest BCUT2D eigenvalue weighted by Gasteiger charge is -2.43. The lowest BCUT2D eigenvalue weighted by atomic mass is 9.78. The van der Waals surface area contributed by atoms with Crippen LogP contribution in [0, 0.1) is 5.41 Å². The first-order chi connectivity index (χ1) is 8.68. The van der Waals surface area contributed by atoms with E-state index in [-0.39, 0.29) is 5.60 Å². The predicted octanol–water partition coefficient (Wildman–Crippen LogP) is 5.09. The van der Waals surface area contributed by atoms with E-state index in [4.69, 9.17) is 10.2 Å². The molecule has 0 rings (SSSR count). The molecule has 0 saturated heterocycles. The highest BCUT2D eigenvalue weighted by atomic mass is 28.4. The molecular weight excluding hydrogens is 278 g/mol. The Morgan fingerprint density at radius 1 is 0.950 bits per heavy atom. The van der Waals surface area contributed by atoms with Crippen LogP contribution in [0.25, 0.3) is 0 Å². The van der Waals surface area contributed by atoms with Crippen LogP contribution >= 0.6 is 0 Å². The zero-order valence-corrected chi connectivity index (χ0v) is 17.5. The average molecular weight is 318 g/mol. The van der Waals surface area contributed by atoms with Crippen molar-refractivity contribution in [3.05, 3.63) is 0 Å². The van der Waals surface area contributed by atoms with Gasteiger partial charge in [-0.25, -0.2) is 0 Å². The van der Waals surface area contributed by atoms with Crippen molar-refractivity contribution in [1.82, 2.24) is 0 Å². The molecule has 1 atom stereocenters. The van der Waals surface area contributed by atoms with Gasteiger partial charge in [-0.2, -0.15) is 0 Å². The molecule has 0 bridgehead atoms. The molecule has 0 aromatic heterocycles.